The van der Waals surface area contributed by atoms with Gasteiger partial charge < -0.3 is 24.2 Å². The van der Waals surface area contributed by atoms with Crippen LogP contribution in [0.1, 0.15) is 12.2 Å². The van der Waals surface area contributed by atoms with E-state index in [1.807, 2.05) is 0 Å². The molecule has 166 valence electrons. The van der Waals surface area contributed by atoms with Crippen molar-refractivity contribution in [3.05, 3.63) is 30.2 Å². The number of anilines is 1. The zero-order chi connectivity index (χ0) is 22.1. The number of fused-ring (bicyclic) bond motifs is 1. The molecule has 1 saturated heterocycles. The van der Waals surface area contributed by atoms with E-state index in [9.17, 15) is 9.59 Å². The first-order valence-corrected chi connectivity index (χ1v) is 10.3. The number of hydrogen-bond donors (Lipinski definition) is 1. The molecular formula is C20H21N7O5. The lowest BCUT2D eigenvalue weighted by Gasteiger charge is -2.22. The third kappa shape index (κ3) is 3.98. The lowest BCUT2D eigenvalue weighted by molar-refractivity contribution is -0.126. The minimum atomic E-state index is -0.427. The predicted molar refractivity (Wildman–Crippen MR) is 109 cm³/mol. The maximum atomic E-state index is 12.6. The summed E-state index contributed by atoms with van der Waals surface area (Å²) in [6.45, 7) is 3.77. The highest BCUT2D eigenvalue weighted by Gasteiger charge is 2.35. The Bertz CT molecular complexity index is 1160. The molecule has 1 N–H and O–H groups in total. The summed E-state index contributed by atoms with van der Waals surface area (Å²) in [5, 5.41) is 14.6. The van der Waals surface area contributed by atoms with Gasteiger partial charge in [0.05, 0.1) is 18.7 Å². The third-order valence-electron chi connectivity index (χ3n) is 5.26. The van der Waals surface area contributed by atoms with Crippen molar-refractivity contribution in [3.63, 3.8) is 0 Å². The fourth-order valence-corrected chi connectivity index (χ4v) is 3.68. The van der Waals surface area contributed by atoms with Crippen LogP contribution in [0.25, 0.3) is 11.6 Å². The Hall–Kier alpha value is -3.96. The number of benzene rings is 1. The Balaban J connectivity index is 1.15. The summed E-state index contributed by atoms with van der Waals surface area (Å²) in [6.07, 6.45) is 1.83. The van der Waals surface area contributed by atoms with Gasteiger partial charge in [0, 0.05) is 31.3 Å². The van der Waals surface area contributed by atoms with Gasteiger partial charge in [0.1, 0.15) is 13.2 Å². The van der Waals surface area contributed by atoms with Crippen LogP contribution in [0.4, 0.5) is 5.69 Å². The number of amides is 2. The van der Waals surface area contributed by atoms with Crippen molar-refractivity contribution in [1.29, 1.82) is 0 Å². The van der Waals surface area contributed by atoms with Crippen LogP contribution in [-0.2, 0) is 16.1 Å². The summed E-state index contributed by atoms with van der Waals surface area (Å²) in [5.74, 6) is 1.37. The van der Waals surface area contributed by atoms with Crippen molar-refractivity contribution >= 4 is 17.5 Å². The number of rotatable bonds is 6. The minimum Gasteiger partial charge on any atom is -0.486 e. The molecule has 0 bridgehead atoms. The van der Waals surface area contributed by atoms with Gasteiger partial charge in [-0.25, -0.2) is 4.68 Å². The maximum Gasteiger partial charge on any atom is 0.280 e. The van der Waals surface area contributed by atoms with E-state index in [4.69, 9.17) is 14.0 Å². The Kier molecular flexibility index (Phi) is 5.17. The zero-order valence-electron chi connectivity index (χ0n) is 17.4. The number of aromatic nitrogens is 5. The van der Waals surface area contributed by atoms with Gasteiger partial charge in [-0.05, 0) is 19.1 Å². The van der Waals surface area contributed by atoms with E-state index in [2.05, 4.69) is 25.8 Å². The quantitative estimate of drug-likeness (QED) is 0.584. The maximum absolute atomic E-state index is 12.6. The highest BCUT2D eigenvalue weighted by molar-refractivity contribution is 6.00. The number of aryl methyl sites for hydroxylation is 1. The largest absolute Gasteiger partial charge is 0.486 e. The molecule has 2 aliphatic heterocycles. The smallest absolute Gasteiger partial charge is 0.280 e. The van der Waals surface area contributed by atoms with Gasteiger partial charge in [-0.2, -0.15) is 4.98 Å². The van der Waals surface area contributed by atoms with Gasteiger partial charge in [-0.3, -0.25) is 9.59 Å². The number of carbonyl (C=O) groups is 2. The standard InChI is InChI=1S/C20H21N7O5/c1-12-22-20(32-24-12)15-11-26(25-23-15)5-4-21-19(29)13-8-18(28)27(10-13)14-2-3-16-17(9-14)31-7-6-30-16/h2-3,9,11,13H,4-8,10H2,1H3,(H,21,29)/t13-/m1/s1. The van der Waals surface area contributed by atoms with E-state index >= 15 is 0 Å². The Morgan fingerprint density at radius 1 is 1.25 bits per heavy atom. The number of hydrogen-bond acceptors (Lipinski definition) is 9. The highest BCUT2D eigenvalue weighted by Crippen LogP contribution is 2.35. The fourth-order valence-electron chi connectivity index (χ4n) is 3.68. The van der Waals surface area contributed by atoms with Gasteiger partial charge in [-0.15, -0.1) is 5.10 Å². The molecule has 2 amide bonds. The van der Waals surface area contributed by atoms with Crippen LogP contribution in [0, 0.1) is 12.8 Å². The van der Waals surface area contributed by atoms with Gasteiger partial charge in [0.15, 0.2) is 23.0 Å². The summed E-state index contributed by atoms with van der Waals surface area (Å²) in [4.78, 5) is 30.8. The van der Waals surface area contributed by atoms with Crippen LogP contribution >= 0.6 is 0 Å². The van der Waals surface area contributed by atoms with Crippen molar-refractivity contribution in [2.45, 2.75) is 19.9 Å². The summed E-state index contributed by atoms with van der Waals surface area (Å²) < 4.78 is 17.8. The second kappa shape index (κ2) is 8.29. The third-order valence-corrected chi connectivity index (χ3v) is 5.26. The van der Waals surface area contributed by atoms with E-state index in [0.717, 1.165) is 0 Å². The summed E-state index contributed by atoms with van der Waals surface area (Å²) in [5.41, 5.74) is 1.16. The van der Waals surface area contributed by atoms with Crippen LogP contribution in [0.2, 0.25) is 0 Å². The molecule has 5 rings (SSSR count). The summed E-state index contributed by atoms with van der Waals surface area (Å²) >= 11 is 0. The Morgan fingerprint density at radius 2 is 2.09 bits per heavy atom. The second-order valence-corrected chi connectivity index (χ2v) is 7.54. The van der Waals surface area contributed by atoms with E-state index in [1.165, 1.54) is 0 Å². The molecular weight excluding hydrogens is 418 g/mol. The molecule has 0 unspecified atom stereocenters. The van der Waals surface area contributed by atoms with Gasteiger partial charge in [0.25, 0.3) is 5.89 Å². The number of ether oxygens (including phenoxy) is 2. The number of nitrogens with zero attached hydrogens (tertiary/aromatic N) is 6. The molecule has 0 radical (unpaired) electrons. The molecule has 3 aromatic rings. The molecule has 32 heavy (non-hydrogen) atoms. The average Bonchev–Trinajstić information content (AvgIpc) is 3.53. The topological polar surface area (TPSA) is 138 Å². The lowest BCUT2D eigenvalue weighted by Crippen LogP contribution is -2.34. The molecule has 2 aliphatic rings. The highest BCUT2D eigenvalue weighted by atomic mass is 16.6. The average molecular weight is 439 g/mol. The minimum absolute atomic E-state index is 0.0994. The van der Waals surface area contributed by atoms with Crippen molar-refractivity contribution in [3.8, 4) is 23.1 Å². The van der Waals surface area contributed by atoms with Crippen LogP contribution in [0.3, 0.4) is 0 Å². The zero-order valence-corrected chi connectivity index (χ0v) is 17.4. The van der Waals surface area contributed by atoms with E-state index < -0.39 is 5.92 Å². The Morgan fingerprint density at radius 3 is 2.91 bits per heavy atom. The summed E-state index contributed by atoms with van der Waals surface area (Å²) in [6, 6.07) is 5.37. The van der Waals surface area contributed by atoms with Gasteiger partial charge >= 0.3 is 0 Å². The van der Waals surface area contributed by atoms with Crippen molar-refractivity contribution in [2.24, 2.45) is 5.92 Å². The van der Waals surface area contributed by atoms with E-state index in [1.54, 1.807) is 40.9 Å². The molecule has 4 heterocycles. The monoisotopic (exact) mass is 439 g/mol. The summed E-state index contributed by atoms with van der Waals surface area (Å²) in [7, 11) is 0. The van der Waals surface area contributed by atoms with Crippen molar-refractivity contribution in [2.75, 3.05) is 31.2 Å². The van der Waals surface area contributed by atoms with Crippen LogP contribution < -0.4 is 19.7 Å². The van der Waals surface area contributed by atoms with Crippen molar-refractivity contribution < 1.29 is 23.6 Å². The second-order valence-electron chi connectivity index (χ2n) is 7.54. The number of carbonyl (C=O) groups excluding carboxylic acids is 2. The predicted octanol–water partition coefficient (Wildman–Crippen LogP) is 0.577. The SMILES string of the molecule is Cc1noc(-c2cn(CCNC(=O)[C@@H]3CC(=O)N(c4ccc5c(c4)OCCO5)C3)nn2)n1. The first-order chi connectivity index (χ1) is 15.6. The molecule has 1 atom stereocenters. The van der Waals surface area contributed by atoms with Crippen LogP contribution in [0.5, 0.6) is 11.5 Å². The molecule has 12 heteroatoms. The van der Waals surface area contributed by atoms with Crippen molar-refractivity contribution in [1.82, 2.24) is 30.5 Å². The normalized spacial score (nSPS) is 17.6. The molecule has 0 spiro atoms. The van der Waals surface area contributed by atoms with Crippen LogP contribution in [0.15, 0.2) is 28.9 Å². The molecule has 1 fully saturated rings. The van der Waals surface area contributed by atoms with E-state index in [-0.39, 0.29) is 18.2 Å². The number of nitrogens with one attached hydrogen (secondary N) is 1. The molecule has 1 aromatic carbocycles. The Labute approximate surface area is 182 Å². The molecule has 0 saturated carbocycles. The van der Waals surface area contributed by atoms with Gasteiger partial charge in [0.2, 0.25) is 11.8 Å². The lowest BCUT2D eigenvalue weighted by atomic mass is 10.1. The first kappa shape index (κ1) is 20.0. The van der Waals surface area contributed by atoms with Gasteiger partial charge in [-0.1, -0.05) is 10.4 Å². The molecule has 2 aromatic heterocycles. The fraction of sp³-hybridized carbons (Fsp3) is 0.400. The molecule has 0 aliphatic carbocycles. The van der Waals surface area contributed by atoms with Crippen LogP contribution in [-0.4, -0.2) is 63.3 Å². The van der Waals surface area contributed by atoms with E-state index in [0.29, 0.717) is 67.4 Å². The first-order valence-electron chi connectivity index (χ1n) is 10.3. The molecule has 12 nitrogen and oxygen atoms in total.